The van der Waals surface area contributed by atoms with E-state index in [1.165, 1.54) is 5.56 Å². The summed E-state index contributed by atoms with van der Waals surface area (Å²) in [6.45, 7) is 7.99. The van der Waals surface area contributed by atoms with E-state index in [1.807, 2.05) is 19.2 Å². The zero-order valence-corrected chi connectivity index (χ0v) is 9.78. The second kappa shape index (κ2) is 5.27. The van der Waals surface area contributed by atoms with Crippen molar-refractivity contribution in [1.29, 1.82) is 0 Å². The van der Waals surface area contributed by atoms with Crippen molar-refractivity contribution in [1.82, 2.24) is 14.8 Å². The summed E-state index contributed by atoms with van der Waals surface area (Å²) in [4.78, 5) is 13.8. The third-order valence-electron chi connectivity index (χ3n) is 3.00. The van der Waals surface area contributed by atoms with Crippen molar-refractivity contribution >= 4 is 0 Å². The summed E-state index contributed by atoms with van der Waals surface area (Å²) in [5, 5.41) is 3.34. The maximum atomic E-state index is 11.4. The summed E-state index contributed by atoms with van der Waals surface area (Å²) in [7, 11) is 0. The van der Waals surface area contributed by atoms with E-state index in [9.17, 15) is 4.79 Å². The maximum Gasteiger partial charge on any atom is 0.250 e. The van der Waals surface area contributed by atoms with E-state index in [1.54, 1.807) is 10.6 Å². The lowest BCUT2D eigenvalue weighted by Crippen LogP contribution is -2.43. The summed E-state index contributed by atoms with van der Waals surface area (Å²) >= 11 is 0. The largest absolute Gasteiger partial charge is 0.315 e. The Balaban J connectivity index is 2.06. The number of piperazine rings is 1. The standard InChI is InChI=1S/C12H19N3O/c1-2-15-10-11(3-4-12(15)16)9-14-7-5-13-6-8-14/h3-4,10,13H,2,5-9H2,1H3. The van der Waals surface area contributed by atoms with Gasteiger partial charge in [-0.25, -0.2) is 0 Å². The van der Waals surface area contributed by atoms with Crippen molar-refractivity contribution in [2.45, 2.75) is 20.0 Å². The van der Waals surface area contributed by atoms with E-state index < -0.39 is 0 Å². The highest BCUT2D eigenvalue weighted by Crippen LogP contribution is 2.03. The van der Waals surface area contributed by atoms with Crippen molar-refractivity contribution < 1.29 is 0 Å². The van der Waals surface area contributed by atoms with Gasteiger partial charge in [-0.2, -0.15) is 0 Å². The molecular formula is C12H19N3O. The summed E-state index contributed by atoms with van der Waals surface area (Å²) in [6, 6.07) is 3.61. The number of pyridine rings is 1. The van der Waals surface area contributed by atoms with Crippen LogP contribution in [0, 0.1) is 0 Å². The minimum Gasteiger partial charge on any atom is -0.315 e. The normalized spacial score (nSPS) is 17.6. The minimum atomic E-state index is 0.0894. The van der Waals surface area contributed by atoms with Gasteiger partial charge in [-0.1, -0.05) is 6.07 Å². The van der Waals surface area contributed by atoms with Gasteiger partial charge < -0.3 is 9.88 Å². The van der Waals surface area contributed by atoms with Crippen LogP contribution in [-0.4, -0.2) is 35.6 Å². The fourth-order valence-electron chi connectivity index (χ4n) is 2.05. The molecule has 4 heteroatoms. The molecule has 0 radical (unpaired) electrons. The number of rotatable bonds is 3. The predicted octanol–water partition coefficient (Wildman–Crippen LogP) is 0.273. The number of hydrogen-bond acceptors (Lipinski definition) is 3. The molecule has 1 aromatic rings. The first-order chi connectivity index (χ1) is 7.79. The van der Waals surface area contributed by atoms with Gasteiger partial charge >= 0.3 is 0 Å². The first-order valence-corrected chi connectivity index (χ1v) is 5.92. The van der Waals surface area contributed by atoms with E-state index in [0.29, 0.717) is 0 Å². The molecule has 0 atom stereocenters. The molecule has 1 N–H and O–H groups in total. The van der Waals surface area contributed by atoms with Crippen molar-refractivity contribution in [2.24, 2.45) is 0 Å². The van der Waals surface area contributed by atoms with Crippen LogP contribution in [-0.2, 0) is 13.1 Å². The third-order valence-corrected chi connectivity index (χ3v) is 3.00. The van der Waals surface area contributed by atoms with Gasteiger partial charge in [0.2, 0.25) is 0 Å². The fourth-order valence-corrected chi connectivity index (χ4v) is 2.05. The molecule has 1 aliphatic rings. The van der Waals surface area contributed by atoms with E-state index in [-0.39, 0.29) is 5.56 Å². The molecule has 0 saturated carbocycles. The van der Waals surface area contributed by atoms with Crippen LogP contribution in [0.4, 0.5) is 0 Å². The van der Waals surface area contributed by atoms with Gasteiger partial charge in [0.25, 0.3) is 5.56 Å². The molecule has 0 aliphatic carbocycles. The molecule has 1 aliphatic heterocycles. The average Bonchev–Trinajstić information content (AvgIpc) is 2.33. The highest BCUT2D eigenvalue weighted by atomic mass is 16.1. The molecule has 1 saturated heterocycles. The molecule has 88 valence electrons. The number of nitrogens with one attached hydrogen (secondary N) is 1. The van der Waals surface area contributed by atoms with Gasteiger partial charge in [0.05, 0.1) is 0 Å². The summed E-state index contributed by atoms with van der Waals surface area (Å²) < 4.78 is 1.76. The fraction of sp³-hybridized carbons (Fsp3) is 0.583. The highest BCUT2D eigenvalue weighted by molar-refractivity contribution is 5.10. The molecule has 0 amide bonds. The zero-order valence-electron chi connectivity index (χ0n) is 9.78. The summed E-state index contributed by atoms with van der Waals surface area (Å²) in [5.41, 5.74) is 1.31. The van der Waals surface area contributed by atoms with Crippen molar-refractivity contribution in [3.05, 3.63) is 34.2 Å². The predicted molar refractivity (Wildman–Crippen MR) is 64.5 cm³/mol. The Labute approximate surface area is 95.9 Å². The molecule has 16 heavy (non-hydrogen) atoms. The minimum absolute atomic E-state index is 0.0894. The number of nitrogens with zero attached hydrogens (tertiary/aromatic N) is 2. The third kappa shape index (κ3) is 2.71. The SMILES string of the molecule is CCn1cc(CN2CCNCC2)ccc1=O. The topological polar surface area (TPSA) is 37.3 Å². The molecule has 0 aromatic carbocycles. The van der Waals surface area contributed by atoms with Crippen LogP contribution in [0.2, 0.25) is 0 Å². The van der Waals surface area contributed by atoms with Crippen LogP contribution in [0.1, 0.15) is 12.5 Å². The molecule has 1 fully saturated rings. The molecule has 4 nitrogen and oxygen atoms in total. The zero-order chi connectivity index (χ0) is 11.4. The summed E-state index contributed by atoms with van der Waals surface area (Å²) in [5.74, 6) is 0. The van der Waals surface area contributed by atoms with Crippen LogP contribution >= 0.6 is 0 Å². The molecule has 1 aromatic heterocycles. The Morgan fingerprint density at radius 1 is 1.31 bits per heavy atom. The maximum absolute atomic E-state index is 11.4. The van der Waals surface area contributed by atoms with Gasteiger partial charge in [-0.3, -0.25) is 9.69 Å². The van der Waals surface area contributed by atoms with Crippen LogP contribution < -0.4 is 10.9 Å². The van der Waals surface area contributed by atoms with Gasteiger partial charge in [0.15, 0.2) is 0 Å². The van der Waals surface area contributed by atoms with Gasteiger partial charge in [-0.05, 0) is 12.5 Å². The average molecular weight is 221 g/mol. The van der Waals surface area contributed by atoms with E-state index in [2.05, 4.69) is 10.2 Å². The number of aromatic nitrogens is 1. The lowest BCUT2D eigenvalue weighted by molar-refractivity contribution is 0.232. The Hall–Kier alpha value is -1.13. The van der Waals surface area contributed by atoms with Crippen LogP contribution in [0.15, 0.2) is 23.1 Å². The van der Waals surface area contributed by atoms with Gasteiger partial charge in [0.1, 0.15) is 0 Å². The molecule has 2 heterocycles. The molecule has 0 spiro atoms. The summed E-state index contributed by atoms with van der Waals surface area (Å²) in [6.07, 6.45) is 1.98. The van der Waals surface area contributed by atoms with Gasteiger partial charge in [-0.15, -0.1) is 0 Å². The highest BCUT2D eigenvalue weighted by Gasteiger charge is 2.10. The van der Waals surface area contributed by atoms with Crippen molar-refractivity contribution in [2.75, 3.05) is 26.2 Å². The molecule has 0 bridgehead atoms. The van der Waals surface area contributed by atoms with E-state index in [4.69, 9.17) is 0 Å². The van der Waals surface area contributed by atoms with Gasteiger partial charge in [0, 0.05) is 51.5 Å². The molecular weight excluding hydrogens is 202 g/mol. The second-order valence-corrected chi connectivity index (χ2v) is 4.19. The van der Waals surface area contributed by atoms with E-state index in [0.717, 1.165) is 39.3 Å². The Morgan fingerprint density at radius 3 is 2.75 bits per heavy atom. The lowest BCUT2D eigenvalue weighted by atomic mass is 10.2. The van der Waals surface area contributed by atoms with E-state index >= 15 is 0 Å². The number of aryl methyl sites for hydroxylation is 1. The van der Waals surface area contributed by atoms with Crippen molar-refractivity contribution in [3.8, 4) is 0 Å². The molecule has 0 unspecified atom stereocenters. The monoisotopic (exact) mass is 221 g/mol. The Kier molecular flexibility index (Phi) is 3.74. The lowest BCUT2D eigenvalue weighted by Gasteiger charge is -2.27. The van der Waals surface area contributed by atoms with Crippen LogP contribution in [0.5, 0.6) is 0 Å². The Morgan fingerprint density at radius 2 is 2.06 bits per heavy atom. The van der Waals surface area contributed by atoms with Crippen LogP contribution in [0.3, 0.4) is 0 Å². The quantitative estimate of drug-likeness (QED) is 0.796. The molecule has 2 rings (SSSR count). The first kappa shape index (κ1) is 11.4. The Bertz CT molecular complexity index is 393. The van der Waals surface area contributed by atoms with Crippen molar-refractivity contribution in [3.63, 3.8) is 0 Å². The second-order valence-electron chi connectivity index (χ2n) is 4.19. The number of hydrogen-bond donors (Lipinski definition) is 1. The van der Waals surface area contributed by atoms with Crippen LogP contribution in [0.25, 0.3) is 0 Å². The first-order valence-electron chi connectivity index (χ1n) is 5.92. The smallest absolute Gasteiger partial charge is 0.250 e.